The van der Waals surface area contributed by atoms with Gasteiger partial charge in [0.25, 0.3) is 0 Å². The van der Waals surface area contributed by atoms with Crippen molar-refractivity contribution in [3.8, 4) is 11.4 Å². The minimum absolute atomic E-state index is 0.0149. The number of nitrogens with zero attached hydrogens (tertiary/aromatic N) is 3. The maximum atomic E-state index is 11.9. The predicted molar refractivity (Wildman–Crippen MR) is 98.6 cm³/mol. The number of halogens is 1. The van der Waals surface area contributed by atoms with Gasteiger partial charge in [-0.2, -0.15) is 0 Å². The average molecular weight is 382 g/mol. The predicted octanol–water partition coefficient (Wildman–Crippen LogP) is 2.85. The number of hydrogen-bond acceptors (Lipinski definition) is 5. The van der Waals surface area contributed by atoms with Crippen LogP contribution >= 0.6 is 23.4 Å². The van der Waals surface area contributed by atoms with Gasteiger partial charge in [0, 0.05) is 23.7 Å². The monoisotopic (exact) mass is 381 g/mol. The number of urea groups is 1. The van der Waals surface area contributed by atoms with Crippen LogP contribution in [0.1, 0.15) is 20.3 Å². The van der Waals surface area contributed by atoms with Crippen molar-refractivity contribution in [2.45, 2.75) is 31.5 Å². The van der Waals surface area contributed by atoms with Crippen molar-refractivity contribution in [2.75, 3.05) is 5.75 Å². The quantitative estimate of drug-likeness (QED) is 0.751. The maximum absolute atomic E-state index is 11.9. The Morgan fingerprint density at radius 1 is 1.28 bits per heavy atom. The first kappa shape index (κ1) is 19.3. The lowest BCUT2D eigenvalue weighted by molar-refractivity contribution is -0.117. The highest BCUT2D eigenvalue weighted by atomic mass is 35.5. The van der Waals surface area contributed by atoms with Crippen molar-refractivity contribution in [3.05, 3.63) is 29.3 Å². The molecule has 3 amide bonds. The van der Waals surface area contributed by atoms with E-state index in [4.69, 9.17) is 11.6 Å². The van der Waals surface area contributed by atoms with Gasteiger partial charge in [-0.15, -0.1) is 10.2 Å². The highest BCUT2D eigenvalue weighted by molar-refractivity contribution is 7.99. The van der Waals surface area contributed by atoms with Gasteiger partial charge < -0.3 is 9.88 Å². The smallest absolute Gasteiger partial charge is 0.321 e. The minimum atomic E-state index is -0.486. The number of rotatable bonds is 6. The molecule has 0 spiro atoms. The minimum Gasteiger partial charge on any atom is -0.335 e. The van der Waals surface area contributed by atoms with Crippen molar-refractivity contribution in [1.82, 2.24) is 25.4 Å². The summed E-state index contributed by atoms with van der Waals surface area (Å²) in [4.78, 5) is 23.5. The van der Waals surface area contributed by atoms with Crippen molar-refractivity contribution in [3.63, 3.8) is 0 Å². The van der Waals surface area contributed by atoms with Crippen LogP contribution in [0.2, 0.25) is 5.02 Å². The van der Waals surface area contributed by atoms with Crippen molar-refractivity contribution in [2.24, 2.45) is 7.05 Å². The average Bonchev–Trinajstić information content (AvgIpc) is 2.94. The molecule has 1 heterocycles. The van der Waals surface area contributed by atoms with Gasteiger partial charge in [-0.25, -0.2) is 4.79 Å². The van der Waals surface area contributed by atoms with Gasteiger partial charge in [-0.3, -0.25) is 10.1 Å². The van der Waals surface area contributed by atoms with Gasteiger partial charge in [-0.05, 0) is 37.6 Å². The topological polar surface area (TPSA) is 88.9 Å². The number of carbonyl (C=O) groups is 2. The van der Waals surface area contributed by atoms with Crippen LogP contribution in [0.4, 0.5) is 4.79 Å². The Hall–Kier alpha value is -2.06. The van der Waals surface area contributed by atoms with Crippen LogP contribution in [-0.4, -0.2) is 38.5 Å². The second-order valence-electron chi connectivity index (χ2n) is 5.49. The number of aromatic nitrogens is 3. The van der Waals surface area contributed by atoms with E-state index in [0.717, 1.165) is 12.0 Å². The molecule has 0 bridgehead atoms. The number of nitrogens with one attached hydrogen (secondary N) is 2. The number of hydrogen-bond donors (Lipinski definition) is 2. The van der Waals surface area contributed by atoms with E-state index in [2.05, 4.69) is 20.8 Å². The largest absolute Gasteiger partial charge is 0.335 e. The Labute approximate surface area is 155 Å². The molecule has 0 saturated carbocycles. The molecule has 0 aliphatic carbocycles. The molecular weight excluding hydrogens is 362 g/mol. The summed E-state index contributed by atoms with van der Waals surface area (Å²) in [7, 11) is 1.82. The van der Waals surface area contributed by atoms with E-state index < -0.39 is 6.03 Å². The molecule has 2 N–H and O–H groups in total. The number of imide groups is 1. The molecule has 7 nitrogen and oxygen atoms in total. The highest BCUT2D eigenvalue weighted by Gasteiger charge is 2.14. The van der Waals surface area contributed by atoms with E-state index in [1.54, 1.807) is 16.7 Å². The molecule has 0 radical (unpaired) electrons. The lowest BCUT2D eigenvalue weighted by atomic mass is 10.2. The van der Waals surface area contributed by atoms with Crippen LogP contribution in [0, 0.1) is 0 Å². The van der Waals surface area contributed by atoms with Gasteiger partial charge >= 0.3 is 6.03 Å². The lowest BCUT2D eigenvalue weighted by Crippen LogP contribution is -2.43. The summed E-state index contributed by atoms with van der Waals surface area (Å²) in [6.07, 6.45) is 0.794. The third-order valence-corrected chi connectivity index (χ3v) is 4.78. The van der Waals surface area contributed by atoms with E-state index in [1.165, 1.54) is 11.8 Å². The number of benzene rings is 1. The number of amides is 3. The van der Waals surface area contributed by atoms with Crippen LogP contribution in [0.25, 0.3) is 11.4 Å². The highest BCUT2D eigenvalue weighted by Crippen LogP contribution is 2.23. The SMILES string of the molecule is CC[C@H](C)NC(=O)NC(=O)CSc1nnc(-c2ccc(Cl)cc2)n1C. The van der Waals surface area contributed by atoms with E-state index >= 15 is 0 Å². The molecule has 1 aromatic heterocycles. The molecule has 134 valence electrons. The second-order valence-corrected chi connectivity index (χ2v) is 6.87. The van der Waals surface area contributed by atoms with Gasteiger partial charge in [-0.1, -0.05) is 30.3 Å². The summed E-state index contributed by atoms with van der Waals surface area (Å²) in [5.41, 5.74) is 0.878. The molecule has 0 fully saturated rings. The molecule has 2 aromatic rings. The molecule has 0 unspecified atom stereocenters. The van der Waals surface area contributed by atoms with Crippen LogP contribution < -0.4 is 10.6 Å². The van der Waals surface area contributed by atoms with E-state index in [9.17, 15) is 9.59 Å². The van der Waals surface area contributed by atoms with Crippen LogP contribution in [-0.2, 0) is 11.8 Å². The van der Waals surface area contributed by atoms with Gasteiger partial charge in [0.2, 0.25) is 5.91 Å². The summed E-state index contributed by atoms with van der Waals surface area (Å²) in [5, 5.41) is 14.4. The van der Waals surface area contributed by atoms with Crippen molar-refractivity contribution >= 4 is 35.3 Å². The molecule has 0 aliphatic heterocycles. The Morgan fingerprint density at radius 2 is 1.96 bits per heavy atom. The first-order valence-corrected chi connectivity index (χ1v) is 9.15. The number of carbonyl (C=O) groups excluding carboxylic acids is 2. The van der Waals surface area contributed by atoms with E-state index in [1.807, 2.05) is 33.0 Å². The first-order chi connectivity index (χ1) is 11.9. The molecule has 25 heavy (non-hydrogen) atoms. The summed E-state index contributed by atoms with van der Waals surface area (Å²) in [6.45, 7) is 3.83. The fourth-order valence-electron chi connectivity index (χ4n) is 1.95. The third-order valence-electron chi connectivity index (χ3n) is 3.51. The summed E-state index contributed by atoms with van der Waals surface area (Å²) < 4.78 is 1.79. The van der Waals surface area contributed by atoms with Crippen molar-refractivity contribution < 1.29 is 9.59 Å². The lowest BCUT2D eigenvalue weighted by Gasteiger charge is -2.11. The summed E-state index contributed by atoms with van der Waals surface area (Å²) >= 11 is 7.10. The fourth-order valence-corrected chi connectivity index (χ4v) is 2.78. The Kier molecular flexibility index (Phi) is 6.83. The van der Waals surface area contributed by atoms with Gasteiger partial charge in [0.15, 0.2) is 11.0 Å². The van der Waals surface area contributed by atoms with Crippen LogP contribution in [0.5, 0.6) is 0 Å². The molecule has 0 saturated heterocycles. The van der Waals surface area contributed by atoms with E-state index in [0.29, 0.717) is 16.0 Å². The van der Waals surface area contributed by atoms with Gasteiger partial charge in [0.05, 0.1) is 5.75 Å². The molecule has 9 heteroatoms. The van der Waals surface area contributed by atoms with Crippen LogP contribution in [0.3, 0.4) is 0 Å². The molecule has 2 rings (SSSR count). The zero-order chi connectivity index (χ0) is 18.4. The summed E-state index contributed by atoms with van der Waals surface area (Å²) in [5.74, 6) is 0.358. The molecule has 0 aliphatic rings. The first-order valence-electron chi connectivity index (χ1n) is 7.79. The Balaban J connectivity index is 1.92. The van der Waals surface area contributed by atoms with Gasteiger partial charge in [0.1, 0.15) is 0 Å². The molecule has 1 atom stereocenters. The maximum Gasteiger partial charge on any atom is 0.321 e. The number of thioether (sulfide) groups is 1. The third kappa shape index (κ3) is 5.47. The molecular formula is C16H20ClN5O2S. The Morgan fingerprint density at radius 3 is 2.60 bits per heavy atom. The molecule has 1 aromatic carbocycles. The standard InChI is InChI=1S/C16H20ClN5O2S/c1-4-10(2)18-15(24)19-13(23)9-25-16-21-20-14(22(16)3)11-5-7-12(17)8-6-11/h5-8,10H,4,9H2,1-3H3,(H2,18,19,23,24)/t10-/m0/s1. The second kappa shape index (κ2) is 8.87. The van der Waals surface area contributed by atoms with E-state index in [-0.39, 0.29) is 17.7 Å². The summed E-state index contributed by atoms with van der Waals surface area (Å²) in [6, 6.07) is 6.80. The van der Waals surface area contributed by atoms with Crippen molar-refractivity contribution in [1.29, 1.82) is 0 Å². The fraction of sp³-hybridized carbons (Fsp3) is 0.375. The van der Waals surface area contributed by atoms with Crippen LogP contribution in [0.15, 0.2) is 29.4 Å². The zero-order valence-corrected chi connectivity index (χ0v) is 15.8. The normalized spacial score (nSPS) is 11.8. The zero-order valence-electron chi connectivity index (χ0n) is 14.2. The Bertz CT molecular complexity index is 747.